The number of ether oxygens (including phenoxy) is 1. The highest BCUT2D eigenvalue weighted by molar-refractivity contribution is 5.96. The van der Waals surface area contributed by atoms with E-state index in [0.29, 0.717) is 24.9 Å². The van der Waals surface area contributed by atoms with Crippen LogP contribution in [0, 0.1) is 19.3 Å². The molecule has 1 saturated heterocycles. The molecule has 1 aromatic carbocycles. The third kappa shape index (κ3) is 3.14. The number of hydrogen-bond donors (Lipinski definition) is 1. The Kier molecular flexibility index (Phi) is 4.86. The Hall–Kier alpha value is -1.88. The molecular formula is C17H23NO4. The fraction of sp³-hybridized carbons (Fsp3) is 0.529. The van der Waals surface area contributed by atoms with E-state index in [2.05, 4.69) is 0 Å². The van der Waals surface area contributed by atoms with Gasteiger partial charge in [-0.05, 0) is 38.3 Å². The van der Waals surface area contributed by atoms with Crippen molar-refractivity contribution in [3.63, 3.8) is 0 Å². The van der Waals surface area contributed by atoms with Crippen LogP contribution in [0.1, 0.15) is 34.3 Å². The van der Waals surface area contributed by atoms with Crippen LogP contribution in [0.3, 0.4) is 0 Å². The smallest absolute Gasteiger partial charge is 0.313 e. The van der Waals surface area contributed by atoms with Crippen LogP contribution < -0.4 is 0 Å². The van der Waals surface area contributed by atoms with E-state index >= 15 is 0 Å². The Balaban J connectivity index is 2.26. The summed E-state index contributed by atoms with van der Waals surface area (Å²) < 4.78 is 5.10. The van der Waals surface area contributed by atoms with Crippen LogP contribution in [0.15, 0.2) is 18.2 Å². The number of carboxylic acids is 1. The number of methoxy groups -OCH3 is 1. The summed E-state index contributed by atoms with van der Waals surface area (Å²) >= 11 is 0. The average molecular weight is 305 g/mol. The molecule has 5 nitrogen and oxygen atoms in total. The van der Waals surface area contributed by atoms with Gasteiger partial charge in [-0.3, -0.25) is 9.59 Å². The summed E-state index contributed by atoms with van der Waals surface area (Å²) in [5.41, 5.74) is 1.58. The highest BCUT2D eigenvalue weighted by Crippen LogP contribution is 2.32. The SMILES string of the molecule is COCC1(C(=O)O)CCCN(C(=O)c2cc(C)ccc2C)C1. The van der Waals surface area contributed by atoms with Crippen molar-refractivity contribution in [1.29, 1.82) is 0 Å². The first-order valence-electron chi connectivity index (χ1n) is 7.48. The lowest BCUT2D eigenvalue weighted by Crippen LogP contribution is -2.52. The van der Waals surface area contributed by atoms with Gasteiger partial charge in [-0.15, -0.1) is 0 Å². The quantitative estimate of drug-likeness (QED) is 0.926. The van der Waals surface area contributed by atoms with Gasteiger partial charge < -0.3 is 14.7 Å². The molecule has 120 valence electrons. The molecule has 0 spiro atoms. The van der Waals surface area contributed by atoms with E-state index in [4.69, 9.17) is 4.74 Å². The fourth-order valence-corrected chi connectivity index (χ4v) is 3.07. The van der Waals surface area contributed by atoms with Crippen LogP contribution in [-0.4, -0.2) is 48.7 Å². The van der Waals surface area contributed by atoms with Gasteiger partial charge in [0.2, 0.25) is 0 Å². The normalized spacial score (nSPS) is 21.7. The fourth-order valence-electron chi connectivity index (χ4n) is 3.07. The molecule has 0 radical (unpaired) electrons. The molecule has 22 heavy (non-hydrogen) atoms. The molecule has 5 heteroatoms. The van der Waals surface area contributed by atoms with E-state index in [0.717, 1.165) is 11.1 Å². The van der Waals surface area contributed by atoms with Gasteiger partial charge in [-0.1, -0.05) is 17.7 Å². The Morgan fingerprint density at radius 1 is 1.36 bits per heavy atom. The maximum atomic E-state index is 12.8. The van der Waals surface area contributed by atoms with Gasteiger partial charge in [-0.2, -0.15) is 0 Å². The monoisotopic (exact) mass is 305 g/mol. The van der Waals surface area contributed by atoms with Crippen molar-refractivity contribution < 1.29 is 19.4 Å². The lowest BCUT2D eigenvalue weighted by atomic mass is 9.80. The number of hydrogen-bond acceptors (Lipinski definition) is 3. The predicted octanol–water partition coefficient (Wildman–Crippen LogP) is 2.26. The molecule has 2 rings (SSSR count). The number of carbonyl (C=O) groups is 2. The van der Waals surface area contributed by atoms with E-state index in [9.17, 15) is 14.7 Å². The number of piperidine rings is 1. The number of nitrogens with zero attached hydrogens (tertiary/aromatic N) is 1. The van der Waals surface area contributed by atoms with Crippen molar-refractivity contribution in [2.45, 2.75) is 26.7 Å². The van der Waals surface area contributed by atoms with E-state index in [-0.39, 0.29) is 19.1 Å². The zero-order valence-corrected chi connectivity index (χ0v) is 13.4. The molecule has 0 saturated carbocycles. The molecule has 0 bridgehead atoms. The number of amides is 1. The standard InChI is InChI=1S/C17H23NO4/c1-12-5-6-13(2)14(9-12)15(19)18-8-4-7-17(10-18,11-22-3)16(20)21/h5-6,9H,4,7-8,10-11H2,1-3H3,(H,20,21). The lowest BCUT2D eigenvalue weighted by molar-refractivity contribution is -0.155. The summed E-state index contributed by atoms with van der Waals surface area (Å²) in [5.74, 6) is -0.990. The number of rotatable bonds is 4. The van der Waals surface area contributed by atoms with Crippen LogP contribution >= 0.6 is 0 Å². The first-order valence-corrected chi connectivity index (χ1v) is 7.48. The first-order chi connectivity index (χ1) is 10.4. The Labute approximate surface area is 130 Å². The van der Waals surface area contributed by atoms with E-state index in [1.807, 2.05) is 32.0 Å². The number of carboxylic acid groups (broad SMARTS) is 1. The number of benzene rings is 1. The molecule has 1 heterocycles. The molecule has 1 amide bonds. The van der Waals surface area contributed by atoms with Gasteiger partial charge in [0.05, 0.1) is 6.61 Å². The van der Waals surface area contributed by atoms with Crippen LogP contribution in [0.2, 0.25) is 0 Å². The zero-order chi connectivity index (χ0) is 16.3. The second-order valence-electron chi connectivity index (χ2n) is 6.17. The number of carbonyl (C=O) groups excluding carboxylic acids is 1. The molecule has 1 aliphatic rings. The Morgan fingerprint density at radius 2 is 2.09 bits per heavy atom. The summed E-state index contributed by atoms with van der Waals surface area (Å²) in [4.78, 5) is 26.1. The predicted molar refractivity (Wildman–Crippen MR) is 83.0 cm³/mol. The van der Waals surface area contributed by atoms with Gasteiger partial charge in [0.25, 0.3) is 5.91 Å². The van der Waals surface area contributed by atoms with Crippen LogP contribution in [0.5, 0.6) is 0 Å². The van der Waals surface area contributed by atoms with Crippen LogP contribution in [0.25, 0.3) is 0 Å². The number of aryl methyl sites for hydroxylation is 2. The van der Waals surface area contributed by atoms with Crippen molar-refractivity contribution in [2.24, 2.45) is 5.41 Å². The summed E-state index contributed by atoms with van der Waals surface area (Å²) in [6, 6.07) is 5.76. The highest BCUT2D eigenvalue weighted by Gasteiger charge is 2.44. The second-order valence-corrected chi connectivity index (χ2v) is 6.17. The minimum absolute atomic E-state index is 0.0948. The molecule has 0 aliphatic carbocycles. The van der Waals surface area contributed by atoms with Crippen molar-refractivity contribution >= 4 is 11.9 Å². The number of likely N-dealkylation sites (tertiary alicyclic amines) is 1. The maximum Gasteiger partial charge on any atom is 0.313 e. The van der Waals surface area contributed by atoms with Gasteiger partial charge in [0, 0.05) is 25.8 Å². The summed E-state index contributed by atoms with van der Waals surface area (Å²) in [5, 5.41) is 9.57. The highest BCUT2D eigenvalue weighted by atomic mass is 16.5. The lowest BCUT2D eigenvalue weighted by Gasteiger charge is -2.39. The Bertz CT molecular complexity index is 580. The molecule has 1 N–H and O–H groups in total. The third-order valence-corrected chi connectivity index (χ3v) is 4.36. The van der Waals surface area contributed by atoms with Gasteiger partial charge in [-0.25, -0.2) is 0 Å². The zero-order valence-electron chi connectivity index (χ0n) is 13.4. The van der Waals surface area contributed by atoms with Crippen molar-refractivity contribution in [2.75, 3.05) is 26.8 Å². The van der Waals surface area contributed by atoms with Crippen LogP contribution in [0.4, 0.5) is 0 Å². The molecule has 1 atom stereocenters. The minimum Gasteiger partial charge on any atom is -0.481 e. The molecule has 0 aromatic heterocycles. The maximum absolute atomic E-state index is 12.8. The minimum atomic E-state index is -1.000. The average Bonchev–Trinajstić information content (AvgIpc) is 2.49. The molecule has 1 aromatic rings. The summed E-state index contributed by atoms with van der Waals surface area (Å²) in [6.45, 7) is 4.75. The van der Waals surface area contributed by atoms with Gasteiger partial charge in [0.1, 0.15) is 5.41 Å². The van der Waals surface area contributed by atoms with E-state index in [1.165, 1.54) is 7.11 Å². The summed E-state index contributed by atoms with van der Waals surface area (Å²) in [6.07, 6.45) is 1.21. The molecular weight excluding hydrogens is 282 g/mol. The van der Waals surface area contributed by atoms with Crippen molar-refractivity contribution in [1.82, 2.24) is 4.90 Å². The van der Waals surface area contributed by atoms with Gasteiger partial charge >= 0.3 is 5.97 Å². The summed E-state index contributed by atoms with van der Waals surface area (Å²) in [7, 11) is 1.50. The van der Waals surface area contributed by atoms with Crippen molar-refractivity contribution in [3.8, 4) is 0 Å². The number of aliphatic carboxylic acids is 1. The Morgan fingerprint density at radius 3 is 2.73 bits per heavy atom. The molecule has 1 unspecified atom stereocenters. The molecule has 1 fully saturated rings. The van der Waals surface area contributed by atoms with Gasteiger partial charge in [0.15, 0.2) is 0 Å². The van der Waals surface area contributed by atoms with E-state index in [1.54, 1.807) is 4.90 Å². The van der Waals surface area contributed by atoms with Crippen molar-refractivity contribution in [3.05, 3.63) is 34.9 Å². The third-order valence-electron chi connectivity index (χ3n) is 4.36. The van der Waals surface area contributed by atoms with E-state index < -0.39 is 11.4 Å². The van der Waals surface area contributed by atoms with Crippen LogP contribution in [-0.2, 0) is 9.53 Å². The topological polar surface area (TPSA) is 66.8 Å². The molecule has 1 aliphatic heterocycles. The largest absolute Gasteiger partial charge is 0.481 e. The second kappa shape index (κ2) is 6.48. The first kappa shape index (κ1) is 16.5.